The summed E-state index contributed by atoms with van der Waals surface area (Å²) in [5.74, 6) is 0.0188. The fraction of sp³-hybridized carbons (Fsp3) is 0.636. The first-order chi connectivity index (χ1) is 8.61. The van der Waals surface area contributed by atoms with E-state index in [2.05, 4.69) is 9.88 Å². The second-order valence-corrected chi connectivity index (χ2v) is 5.35. The van der Waals surface area contributed by atoms with Gasteiger partial charge in [-0.05, 0) is 6.92 Å². The van der Waals surface area contributed by atoms with Crippen LogP contribution in [0.25, 0.3) is 0 Å². The number of aliphatic hydroxyl groups is 1. The zero-order valence-corrected chi connectivity index (χ0v) is 11.2. The molecular formula is C11H18N4O2S. The highest BCUT2D eigenvalue weighted by Gasteiger charge is 2.24. The molecule has 2 heterocycles. The zero-order chi connectivity index (χ0) is 13.1. The molecule has 100 valence electrons. The van der Waals surface area contributed by atoms with Crippen LogP contribution in [0.15, 0.2) is 0 Å². The van der Waals surface area contributed by atoms with E-state index in [9.17, 15) is 4.79 Å². The Balaban J connectivity index is 1.97. The fourth-order valence-corrected chi connectivity index (χ4v) is 2.88. The van der Waals surface area contributed by atoms with Crippen LogP contribution < -0.4 is 5.73 Å². The Morgan fingerprint density at radius 2 is 2.11 bits per heavy atom. The van der Waals surface area contributed by atoms with Crippen molar-refractivity contribution < 1.29 is 9.90 Å². The van der Waals surface area contributed by atoms with Gasteiger partial charge in [0, 0.05) is 32.7 Å². The highest BCUT2D eigenvalue weighted by Crippen LogP contribution is 2.22. The molecule has 7 heteroatoms. The van der Waals surface area contributed by atoms with Crippen LogP contribution in [0.4, 0.5) is 5.13 Å². The highest BCUT2D eigenvalue weighted by molar-refractivity contribution is 7.17. The number of anilines is 1. The molecule has 1 saturated heterocycles. The molecular weight excluding hydrogens is 252 g/mol. The number of carbonyl (C=O) groups is 1. The van der Waals surface area contributed by atoms with Crippen molar-refractivity contribution in [3.05, 3.63) is 10.6 Å². The minimum atomic E-state index is 0.0188. The summed E-state index contributed by atoms with van der Waals surface area (Å²) in [7, 11) is 0. The number of hydrogen-bond donors (Lipinski definition) is 2. The number of nitrogens with zero attached hydrogens (tertiary/aromatic N) is 3. The normalized spacial score (nSPS) is 17.1. The van der Waals surface area contributed by atoms with Gasteiger partial charge >= 0.3 is 0 Å². The van der Waals surface area contributed by atoms with Crippen LogP contribution in [0.1, 0.15) is 15.4 Å². The second-order valence-electron chi connectivity index (χ2n) is 4.32. The van der Waals surface area contributed by atoms with Crippen molar-refractivity contribution >= 4 is 22.4 Å². The maximum atomic E-state index is 12.3. The van der Waals surface area contributed by atoms with Crippen LogP contribution in [-0.2, 0) is 0 Å². The van der Waals surface area contributed by atoms with Gasteiger partial charge < -0.3 is 15.7 Å². The molecule has 1 aromatic heterocycles. The van der Waals surface area contributed by atoms with Gasteiger partial charge in [-0.2, -0.15) is 0 Å². The standard InChI is InChI=1S/C11H18N4O2S/c1-8-9(18-11(12)13-8)10(17)15-4-2-14(3-5-15)6-7-16/h16H,2-7H2,1H3,(H2,12,13). The molecule has 1 aromatic rings. The minimum Gasteiger partial charge on any atom is -0.395 e. The molecule has 1 aliphatic heterocycles. The summed E-state index contributed by atoms with van der Waals surface area (Å²) in [5, 5.41) is 9.31. The third-order valence-electron chi connectivity index (χ3n) is 3.08. The number of aliphatic hydroxyl groups excluding tert-OH is 1. The molecule has 0 radical (unpaired) electrons. The van der Waals surface area contributed by atoms with Crippen LogP contribution in [0.2, 0.25) is 0 Å². The van der Waals surface area contributed by atoms with Gasteiger partial charge in [0.25, 0.3) is 5.91 Å². The number of amides is 1. The van der Waals surface area contributed by atoms with Gasteiger partial charge in [-0.3, -0.25) is 9.69 Å². The number of aromatic nitrogens is 1. The van der Waals surface area contributed by atoms with Crippen molar-refractivity contribution in [1.29, 1.82) is 0 Å². The van der Waals surface area contributed by atoms with Crippen molar-refractivity contribution in [2.24, 2.45) is 0 Å². The van der Waals surface area contributed by atoms with Crippen LogP contribution in [0.5, 0.6) is 0 Å². The van der Waals surface area contributed by atoms with E-state index < -0.39 is 0 Å². The van der Waals surface area contributed by atoms with E-state index >= 15 is 0 Å². The summed E-state index contributed by atoms with van der Waals surface area (Å²) in [6.07, 6.45) is 0. The van der Waals surface area contributed by atoms with Crippen LogP contribution in [0, 0.1) is 6.92 Å². The quantitative estimate of drug-likeness (QED) is 0.794. The summed E-state index contributed by atoms with van der Waals surface area (Å²) >= 11 is 1.25. The largest absolute Gasteiger partial charge is 0.395 e. The monoisotopic (exact) mass is 270 g/mol. The number of carbonyl (C=O) groups excluding carboxylic acids is 1. The van der Waals surface area contributed by atoms with E-state index in [-0.39, 0.29) is 12.5 Å². The molecule has 1 amide bonds. The van der Waals surface area contributed by atoms with E-state index in [4.69, 9.17) is 10.8 Å². The smallest absolute Gasteiger partial charge is 0.266 e. The number of β-amino-alcohol motifs (C(OH)–C–C–N with tert-alkyl or cyclic N) is 1. The fourth-order valence-electron chi connectivity index (χ4n) is 2.08. The van der Waals surface area contributed by atoms with Crippen LogP contribution in [-0.4, -0.2) is 65.1 Å². The molecule has 0 saturated carbocycles. The molecule has 3 N–H and O–H groups in total. The van der Waals surface area contributed by atoms with Crippen LogP contribution >= 0.6 is 11.3 Å². The topological polar surface area (TPSA) is 82.7 Å². The van der Waals surface area contributed by atoms with Gasteiger partial charge in [0.15, 0.2) is 5.13 Å². The Kier molecular flexibility index (Phi) is 4.15. The van der Waals surface area contributed by atoms with Crippen LogP contribution in [0.3, 0.4) is 0 Å². The van der Waals surface area contributed by atoms with E-state index in [1.165, 1.54) is 11.3 Å². The summed E-state index contributed by atoms with van der Waals surface area (Å²) in [4.78, 5) is 21.0. The molecule has 0 aliphatic carbocycles. The lowest BCUT2D eigenvalue weighted by Gasteiger charge is -2.34. The van der Waals surface area contributed by atoms with Crippen molar-refractivity contribution in [2.75, 3.05) is 45.1 Å². The number of rotatable bonds is 3. The summed E-state index contributed by atoms with van der Waals surface area (Å²) < 4.78 is 0. The lowest BCUT2D eigenvalue weighted by molar-refractivity contribution is 0.0618. The molecule has 18 heavy (non-hydrogen) atoms. The number of hydrogen-bond acceptors (Lipinski definition) is 6. The Morgan fingerprint density at radius 1 is 1.44 bits per heavy atom. The lowest BCUT2D eigenvalue weighted by atomic mass is 10.2. The van der Waals surface area contributed by atoms with E-state index in [1.807, 2.05) is 11.8 Å². The molecule has 0 unspecified atom stereocenters. The van der Waals surface area contributed by atoms with Gasteiger partial charge in [-0.1, -0.05) is 11.3 Å². The molecule has 0 bridgehead atoms. The van der Waals surface area contributed by atoms with Gasteiger partial charge in [-0.25, -0.2) is 4.98 Å². The molecule has 0 aromatic carbocycles. The molecule has 6 nitrogen and oxygen atoms in total. The Morgan fingerprint density at radius 3 is 2.61 bits per heavy atom. The predicted molar refractivity (Wildman–Crippen MR) is 70.7 cm³/mol. The number of thiazole rings is 1. The summed E-state index contributed by atoms with van der Waals surface area (Å²) in [6, 6.07) is 0. The lowest BCUT2D eigenvalue weighted by Crippen LogP contribution is -2.49. The Hall–Kier alpha value is -1.18. The summed E-state index contributed by atoms with van der Waals surface area (Å²) in [6.45, 7) is 5.64. The average Bonchev–Trinajstić information content (AvgIpc) is 2.69. The number of nitrogen functional groups attached to an aromatic ring is 1. The zero-order valence-electron chi connectivity index (χ0n) is 10.4. The van der Waals surface area contributed by atoms with E-state index in [1.54, 1.807) is 0 Å². The first-order valence-electron chi connectivity index (χ1n) is 5.97. The Labute approximate surface area is 110 Å². The van der Waals surface area contributed by atoms with E-state index in [0.717, 1.165) is 13.1 Å². The molecule has 0 atom stereocenters. The highest BCUT2D eigenvalue weighted by atomic mass is 32.1. The third-order valence-corrected chi connectivity index (χ3v) is 4.06. The number of piperazine rings is 1. The van der Waals surface area contributed by atoms with Crippen molar-refractivity contribution in [3.8, 4) is 0 Å². The van der Waals surface area contributed by atoms with Crippen molar-refractivity contribution in [3.63, 3.8) is 0 Å². The maximum absolute atomic E-state index is 12.3. The average molecular weight is 270 g/mol. The first-order valence-corrected chi connectivity index (χ1v) is 6.79. The van der Waals surface area contributed by atoms with Gasteiger partial charge in [0.1, 0.15) is 4.88 Å². The van der Waals surface area contributed by atoms with Crippen molar-refractivity contribution in [1.82, 2.24) is 14.8 Å². The third kappa shape index (κ3) is 2.80. The van der Waals surface area contributed by atoms with Gasteiger partial charge in [0.05, 0.1) is 12.3 Å². The van der Waals surface area contributed by atoms with Gasteiger partial charge in [-0.15, -0.1) is 0 Å². The number of nitrogens with two attached hydrogens (primary N) is 1. The molecule has 1 fully saturated rings. The Bertz CT molecular complexity index is 427. The predicted octanol–water partition coefficient (Wildman–Crippen LogP) is -0.216. The maximum Gasteiger partial charge on any atom is 0.266 e. The molecule has 1 aliphatic rings. The molecule has 2 rings (SSSR count). The SMILES string of the molecule is Cc1nc(N)sc1C(=O)N1CCN(CCO)CC1. The minimum absolute atomic E-state index is 0.0188. The molecule has 0 spiro atoms. The van der Waals surface area contributed by atoms with E-state index in [0.29, 0.717) is 35.3 Å². The first kappa shape index (κ1) is 13.3. The number of aryl methyl sites for hydroxylation is 1. The van der Waals surface area contributed by atoms with Gasteiger partial charge in [0.2, 0.25) is 0 Å². The van der Waals surface area contributed by atoms with Crippen molar-refractivity contribution in [2.45, 2.75) is 6.92 Å². The summed E-state index contributed by atoms with van der Waals surface area (Å²) in [5.41, 5.74) is 6.32. The second kappa shape index (κ2) is 5.64.